The predicted octanol–water partition coefficient (Wildman–Crippen LogP) is 6.48. The van der Waals surface area contributed by atoms with Crippen molar-refractivity contribution >= 4 is 5.91 Å². The highest BCUT2D eigenvalue weighted by Gasteiger charge is 2.31. The van der Waals surface area contributed by atoms with E-state index in [1.165, 1.54) is 6.92 Å². The fraction of sp³-hybridized carbons (Fsp3) is 0.273. The number of carbonyl (C=O) groups is 1. The highest BCUT2D eigenvalue weighted by Crippen LogP contribution is 2.44. The van der Waals surface area contributed by atoms with Crippen LogP contribution in [0.15, 0.2) is 81.8 Å². The Morgan fingerprint density at radius 3 is 2.07 bits per heavy atom. The lowest BCUT2D eigenvalue weighted by Crippen LogP contribution is -2.23. The van der Waals surface area contributed by atoms with Crippen LogP contribution in [0.5, 0.6) is 11.5 Å². The van der Waals surface area contributed by atoms with E-state index >= 15 is 0 Å². The molecule has 0 saturated carbocycles. The minimum atomic E-state index is -1.00. The van der Waals surface area contributed by atoms with Gasteiger partial charge in [-0.25, -0.2) is 0 Å². The summed E-state index contributed by atoms with van der Waals surface area (Å²) >= 11 is 0. The number of carbonyl (C=O) groups excluding carboxylic acids is 1. The Hall–Kier alpha value is -4.96. The summed E-state index contributed by atoms with van der Waals surface area (Å²) in [5, 5.41) is 20.9. The third-order valence-corrected chi connectivity index (χ3v) is 6.72. The van der Waals surface area contributed by atoms with E-state index < -0.39 is 12.0 Å². The summed E-state index contributed by atoms with van der Waals surface area (Å²) in [7, 11) is 0. The Balaban J connectivity index is 1.65. The van der Waals surface area contributed by atoms with Gasteiger partial charge < -0.3 is 28.9 Å². The first-order valence-corrected chi connectivity index (χ1v) is 14.2. The predicted molar refractivity (Wildman–Crippen MR) is 160 cm³/mol. The van der Waals surface area contributed by atoms with Crippen molar-refractivity contribution in [1.29, 1.82) is 0 Å². The van der Waals surface area contributed by atoms with Gasteiger partial charge in [-0.2, -0.15) is 4.98 Å². The molecule has 43 heavy (non-hydrogen) atoms. The van der Waals surface area contributed by atoms with Crippen LogP contribution in [0.1, 0.15) is 72.8 Å². The van der Waals surface area contributed by atoms with E-state index in [2.05, 4.69) is 34.5 Å². The molecular formula is C33H34N4O6. The van der Waals surface area contributed by atoms with Gasteiger partial charge in [-0.05, 0) is 42.5 Å². The molecule has 2 heterocycles. The molecule has 1 unspecified atom stereocenters. The first kappa shape index (κ1) is 29.5. The molecule has 5 aromatic rings. The van der Waals surface area contributed by atoms with Crippen LogP contribution in [0, 0.1) is 0 Å². The Kier molecular flexibility index (Phi) is 9.17. The van der Waals surface area contributed by atoms with Crippen LogP contribution < -0.4 is 14.8 Å². The van der Waals surface area contributed by atoms with Crippen LogP contribution in [-0.2, 0) is 13.2 Å². The van der Waals surface area contributed by atoms with Gasteiger partial charge in [0, 0.05) is 12.6 Å². The van der Waals surface area contributed by atoms with Gasteiger partial charge in [0.25, 0.3) is 11.8 Å². The fourth-order valence-electron chi connectivity index (χ4n) is 4.51. The molecule has 0 aliphatic heterocycles. The van der Waals surface area contributed by atoms with Gasteiger partial charge in [0.2, 0.25) is 5.82 Å². The average Bonchev–Trinajstić information content (AvgIpc) is 3.68. The molecule has 1 amide bonds. The van der Waals surface area contributed by atoms with Crippen LogP contribution in [0.25, 0.3) is 22.7 Å². The summed E-state index contributed by atoms with van der Waals surface area (Å²) in [6.07, 6.45) is -1.00. The third kappa shape index (κ3) is 6.76. The highest BCUT2D eigenvalue weighted by molar-refractivity contribution is 6.01. The molecule has 0 saturated heterocycles. The van der Waals surface area contributed by atoms with Crippen LogP contribution in [0.3, 0.4) is 0 Å². The number of aliphatic hydroxyl groups is 1. The van der Waals surface area contributed by atoms with Gasteiger partial charge >= 0.3 is 0 Å². The Bertz CT molecular complexity index is 1660. The van der Waals surface area contributed by atoms with Gasteiger partial charge in [0.05, 0.1) is 5.56 Å². The van der Waals surface area contributed by atoms with E-state index in [1.54, 1.807) is 6.92 Å². The maximum atomic E-state index is 13.0. The normalized spacial score (nSPS) is 11.9. The zero-order valence-electron chi connectivity index (χ0n) is 24.5. The number of nitrogens with zero attached hydrogens (tertiary/aromatic N) is 3. The number of amides is 1. The molecule has 0 aliphatic carbocycles. The van der Waals surface area contributed by atoms with Gasteiger partial charge in [-0.1, -0.05) is 84.8 Å². The summed E-state index contributed by atoms with van der Waals surface area (Å²) in [4.78, 5) is 17.4. The average molecular weight is 583 g/mol. The van der Waals surface area contributed by atoms with Crippen LogP contribution >= 0.6 is 0 Å². The summed E-state index contributed by atoms with van der Waals surface area (Å²) in [6.45, 7) is 8.46. The summed E-state index contributed by atoms with van der Waals surface area (Å²) in [5.41, 5.74) is 3.64. The molecule has 0 aliphatic rings. The summed E-state index contributed by atoms with van der Waals surface area (Å²) in [6, 6.07) is 23.5. The van der Waals surface area contributed by atoms with E-state index in [4.69, 9.17) is 18.5 Å². The van der Waals surface area contributed by atoms with Gasteiger partial charge in [0.15, 0.2) is 11.5 Å². The number of aromatic nitrogens is 3. The minimum absolute atomic E-state index is 0.00270. The Morgan fingerprint density at radius 2 is 1.51 bits per heavy atom. The van der Waals surface area contributed by atoms with E-state index in [1.807, 2.05) is 72.8 Å². The largest absolute Gasteiger partial charge is 0.488 e. The highest BCUT2D eigenvalue weighted by atomic mass is 16.5. The number of aliphatic hydroxyl groups excluding tert-OH is 1. The number of rotatable bonds is 12. The molecule has 2 aromatic heterocycles. The molecule has 222 valence electrons. The van der Waals surface area contributed by atoms with Crippen LogP contribution in [0.4, 0.5) is 0 Å². The van der Waals surface area contributed by atoms with E-state index in [0.29, 0.717) is 30.2 Å². The molecule has 0 spiro atoms. The fourth-order valence-corrected chi connectivity index (χ4v) is 4.51. The van der Waals surface area contributed by atoms with Crippen LogP contribution in [0.2, 0.25) is 0 Å². The first-order valence-electron chi connectivity index (χ1n) is 14.2. The monoisotopic (exact) mass is 582 g/mol. The second-order valence-corrected chi connectivity index (χ2v) is 10.3. The Morgan fingerprint density at radius 1 is 0.884 bits per heavy atom. The third-order valence-electron chi connectivity index (χ3n) is 6.72. The van der Waals surface area contributed by atoms with Crippen molar-refractivity contribution in [2.45, 2.75) is 52.9 Å². The molecule has 10 heteroatoms. The van der Waals surface area contributed by atoms with E-state index in [-0.39, 0.29) is 41.3 Å². The first-order chi connectivity index (χ1) is 20.9. The molecule has 0 radical (unpaired) electrons. The summed E-state index contributed by atoms with van der Waals surface area (Å²) < 4.78 is 23.8. The number of benzene rings is 3. The smallest absolute Gasteiger partial charge is 0.274 e. The van der Waals surface area contributed by atoms with Gasteiger partial charge in [0.1, 0.15) is 36.4 Å². The maximum absolute atomic E-state index is 13.0. The van der Waals surface area contributed by atoms with E-state index in [0.717, 1.165) is 16.7 Å². The van der Waals surface area contributed by atoms with Gasteiger partial charge in [-0.3, -0.25) is 4.79 Å². The summed E-state index contributed by atoms with van der Waals surface area (Å²) in [5.74, 6) is 0.985. The lowest BCUT2D eigenvalue weighted by molar-refractivity contribution is 0.0947. The molecule has 2 N–H and O–H groups in total. The number of hydrogen-bond donors (Lipinski definition) is 2. The zero-order valence-corrected chi connectivity index (χ0v) is 24.5. The molecular weight excluding hydrogens is 548 g/mol. The van der Waals surface area contributed by atoms with Crippen molar-refractivity contribution in [3.05, 3.63) is 101 Å². The molecule has 0 fully saturated rings. The number of ether oxygens (including phenoxy) is 2. The second-order valence-electron chi connectivity index (χ2n) is 10.3. The number of hydrogen-bond acceptors (Lipinski definition) is 9. The van der Waals surface area contributed by atoms with Crippen molar-refractivity contribution in [1.82, 2.24) is 20.6 Å². The standard InChI is InChI=1S/C33H34N4O6/c1-5-34-32(39)29-28(31-35-33(21(4)38)43-37-31)30(42-36-29)25-16-24(20(2)3)26(40-18-22-12-8-6-9-13-22)17-27(25)41-19-23-14-10-7-11-15-23/h6-17,20-21,38H,5,18-19H2,1-4H3,(H,34,39). The zero-order chi connectivity index (χ0) is 30.3. The molecule has 0 bridgehead atoms. The van der Waals surface area contributed by atoms with Crippen molar-refractivity contribution in [2.24, 2.45) is 0 Å². The molecule has 3 aromatic carbocycles. The van der Waals surface area contributed by atoms with Crippen molar-refractivity contribution < 1.29 is 28.4 Å². The lowest BCUT2D eigenvalue weighted by Gasteiger charge is -2.19. The lowest BCUT2D eigenvalue weighted by atomic mass is 9.96. The van der Waals surface area contributed by atoms with Crippen molar-refractivity contribution in [2.75, 3.05) is 6.54 Å². The minimum Gasteiger partial charge on any atom is -0.488 e. The van der Waals surface area contributed by atoms with Crippen molar-refractivity contribution in [3.63, 3.8) is 0 Å². The maximum Gasteiger partial charge on any atom is 0.274 e. The van der Waals surface area contributed by atoms with E-state index in [9.17, 15) is 9.90 Å². The quantitative estimate of drug-likeness (QED) is 0.170. The topological polar surface area (TPSA) is 133 Å². The van der Waals surface area contributed by atoms with Gasteiger partial charge in [-0.15, -0.1) is 0 Å². The molecule has 10 nitrogen and oxygen atoms in total. The van der Waals surface area contributed by atoms with Crippen molar-refractivity contribution in [3.8, 4) is 34.2 Å². The number of nitrogens with one attached hydrogen (secondary N) is 1. The SMILES string of the molecule is CCNC(=O)c1noc(-c2cc(C(C)C)c(OCc3ccccc3)cc2OCc2ccccc2)c1-c1noc(C(C)O)n1. The molecule has 1 atom stereocenters. The second kappa shape index (κ2) is 13.3. The Labute approximate surface area is 249 Å². The molecule has 5 rings (SSSR count). The van der Waals surface area contributed by atoms with Crippen LogP contribution in [-0.4, -0.2) is 32.9 Å².